The first-order valence-electron chi connectivity index (χ1n) is 5.85. The van der Waals surface area contributed by atoms with Gasteiger partial charge in [-0.3, -0.25) is 0 Å². The lowest BCUT2D eigenvalue weighted by Gasteiger charge is -2.09. The quantitative estimate of drug-likeness (QED) is 0.814. The van der Waals surface area contributed by atoms with Crippen molar-refractivity contribution in [3.05, 3.63) is 30.3 Å². The van der Waals surface area contributed by atoms with Crippen LogP contribution in [0.4, 0.5) is 0 Å². The predicted molar refractivity (Wildman–Crippen MR) is 66.6 cm³/mol. The number of hydrogen-bond acceptors (Lipinski definition) is 4. The summed E-state index contributed by atoms with van der Waals surface area (Å²) >= 11 is 0. The highest BCUT2D eigenvalue weighted by Gasteiger charge is 2.62. The van der Waals surface area contributed by atoms with Crippen LogP contribution in [0.15, 0.2) is 35.2 Å². The summed E-state index contributed by atoms with van der Waals surface area (Å²) in [5.41, 5.74) is -0.856. The lowest BCUT2D eigenvalue weighted by Crippen LogP contribution is -2.19. The molecule has 2 rings (SSSR count). The van der Waals surface area contributed by atoms with Crippen molar-refractivity contribution in [3.8, 4) is 6.07 Å². The summed E-state index contributed by atoms with van der Waals surface area (Å²) in [5.74, 6) is 0. The van der Waals surface area contributed by atoms with Crippen LogP contribution >= 0.6 is 0 Å². The average molecular weight is 265 g/mol. The van der Waals surface area contributed by atoms with Gasteiger partial charge in [0, 0.05) is 6.61 Å². The largest absolute Gasteiger partial charge is 0.380 e. The Kier molecular flexibility index (Phi) is 3.42. The molecule has 96 valence electrons. The van der Waals surface area contributed by atoms with E-state index < -0.39 is 20.5 Å². The van der Waals surface area contributed by atoms with Crippen LogP contribution in [0, 0.1) is 16.7 Å². The molecule has 0 heterocycles. The van der Waals surface area contributed by atoms with Gasteiger partial charge in [-0.25, -0.2) is 8.42 Å². The molecule has 0 aromatic heterocycles. The van der Waals surface area contributed by atoms with Gasteiger partial charge in [-0.1, -0.05) is 18.2 Å². The molecular weight excluding hydrogens is 250 g/mol. The Balaban J connectivity index is 2.23. The fourth-order valence-electron chi connectivity index (χ4n) is 2.04. The molecule has 0 amide bonds. The molecule has 0 aliphatic heterocycles. The third-order valence-electron chi connectivity index (χ3n) is 3.24. The predicted octanol–water partition coefficient (Wildman–Crippen LogP) is 1.78. The molecule has 2 atom stereocenters. The van der Waals surface area contributed by atoms with E-state index in [1.807, 2.05) is 6.92 Å². The Bertz CT molecular complexity index is 562. The Morgan fingerprint density at radius 3 is 2.67 bits per heavy atom. The van der Waals surface area contributed by atoms with Crippen molar-refractivity contribution in [2.24, 2.45) is 5.41 Å². The lowest BCUT2D eigenvalue weighted by atomic mass is 10.1. The van der Waals surface area contributed by atoms with Crippen molar-refractivity contribution in [1.82, 2.24) is 0 Å². The van der Waals surface area contributed by atoms with Gasteiger partial charge >= 0.3 is 0 Å². The van der Waals surface area contributed by atoms with Gasteiger partial charge in [0.15, 0.2) is 9.84 Å². The standard InChI is InChI=1S/C13H15NO3S/c1-2-17-10-13(9-14)8-12(13)18(15,16)11-6-4-3-5-7-11/h3-7,12H,2,8,10H2,1H3/t12-,13+/m0/s1. The molecule has 1 aromatic carbocycles. The van der Waals surface area contributed by atoms with Crippen molar-refractivity contribution in [1.29, 1.82) is 5.26 Å². The third-order valence-corrected chi connectivity index (χ3v) is 5.53. The minimum absolute atomic E-state index is 0.191. The molecule has 18 heavy (non-hydrogen) atoms. The number of hydrogen-bond donors (Lipinski definition) is 0. The molecule has 1 aliphatic rings. The van der Waals surface area contributed by atoms with Crippen molar-refractivity contribution in [2.45, 2.75) is 23.5 Å². The molecular formula is C13H15NO3S. The fourth-order valence-corrected chi connectivity index (χ4v) is 4.14. The first-order valence-corrected chi connectivity index (χ1v) is 7.39. The van der Waals surface area contributed by atoms with Gasteiger partial charge in [-0.15, -0.1) is 0 Å². The van der Waals surface area contributed by atoms with E-state index in [2.05, 4.69) is 6.07 Å². The van der Waals surface area contributed by atoms with Crippen LogP contribution in [0.1, 0.15) is 13.3 Å². The molecule has 0 bridgehead atoms. The van der Waals surface area contributed by atoms with Crippen LogP contribution in [0.25, 0.3) is 0 Å². The topological polar surface area (TPSA) is 67.2 Å². The Morgan fingerprint density at radius 2 is 2.11 bits per heavy atom. The van der Waals surface area contributed by atoms with Crippen LogP contribution in [-0.2, 0) is 14.6 Å². The van der Waals surface area contributed by atoms with E-state index in [-0.39, 0.29) is 11.5 Å². The van der Waals surface area contributed by atoms with Gasteiger partial charge in [0.25, 0.3) is 0 Å². The number of nitriles is 1. The highest BCUT2D eigenvalue weighted by atomic mass is 32.2. The number of benzene rings is 1. The number of ether oxygens (including phenoxy) is 1. The molecule has 0 spiro atoms. The van der Waals surface area contributed by atoms with Gasteiger partial charge in [0.1, 0.15) is 0 Å². The maximum Gasteiger partial charge on any atom is 0.182 e. The zero-order valence-electron chi connectivity index (χ0n) is 10.2. The fraction of sp³-hybridized carbons (Fsp3) is 0.462. The minimum atomic E-state index is -3.42. The summed E-state index contributed by atoms with van der Waals surface area (Å²) in [6.45, 7) is 2.51. The summed E-state index contributed by atoms with van der Waals surface area (Å²) in [6, 6.07) is 10.4. The van der Waals surface area contributed by atoms with E-state index in [9.17, 15) is 8.42 Å². The molecule has 1 aromatic rings. The summed E-state index contributed by atoms with van der Waals surface area (Å²) in [4.78, 5) is 0.281. The van der Waals surface area contributed by atoms with Gasteiger partial charge in [0.05, 0.1) is 28.2 Å². The van der Waals surface area contributed by atoms with Gasteiger partial charge in [0.2, 0.25) is 0 Å². The maximum absolute atomic E-state index is 12.3. The normalized spacial score (nSPS) is 26.6. The number of nitrogens with zero attached hydrogens (tertiary/aromatic N) is 1. The van der Waals surface area contributed by atoms with Crippen molar-refractivity contribution in [3.63, 3.8) is 0 Å². The van der Waals surface area contributed by atoms with E-state index in [1.54, 1.807) is 30.3 Å². The molecule has 0 saturated heterocycles. The van der Waals surface area contributed by atoms with Crippen molar-refractivity contribution < 1.29 is 13.2 Å². The van der Waals surface area contributed by atoms with Crippen molar-refractivity contribution >= 4 is 9.84 Å². The second-order valence-electron chi connectivity index (χ2n) is 4.46. The molecule has 0 unspecified atom stereocenters. The molecule has 1 saturated carbocycles. The van der Waals surface area contributed by atoms with Crippen molar-refractivity contribution in [2.75, 3.05) is 13.2 Å². The Labute approximate surface area is 107 Å². The van der Waals surface area contributed by atoms with Crippen LogP contribution < -0.4 is 0 Å². The second kappa shape index (κ2) is 4.71. The third kappa shape index (κ3) is 2.14. The summed E-state index contributed by atoms with van der Waals surface area (Å²) in [7, 11) is -3.42. The Morgan fingerprint density at radius 1 is 1.44 bits per heavy atom. The maximum atomic E-state index is 12.3. The van der Waals surface area contributed by atoms with Crippen LogP contribution in [0.5, 0.6) is 0 Å². The van der Waals surface area contributed by atoms with Crippen LogP contribution in [-0.4, -0.2) is 26.9 Å². The summed E-state index contributed by atoms with van der Waals surface area (Å²) in [5, 5.41) is 8.53. The molecule has 0 N–H and O–H groups in total. The SMILES string of the molecule is CCOC[C@]1(C#N)C[C@@H]1S(=O)(=O)c1ccccc1. The number of rotatable bonds is 5. The highest BCUT2D eigenvalue weighted by molar-refractivity contribution is 7.92. The summed E-state index contributed by atoms with van der Waals surface area (Å²) < 4.78 is 29.9. The summed E-state index contributed by atoms with van der Waals surface area (Å²) in [6.07, 6.45) is 0.362. The van der Waals surface area contributed by atoms with Gasteiger partial charge in [-0.2, -0.15) is 5.26 Å². The molecule has 4 nitrogen and oxygen atoms in total. The van der Waals surface area contributed by atoms with Gasteiger partial charge in [-0.05, 0) is 25.5 Å². The first kappa shape index (κ1) is 13.1. The average Bonchev–Trinajstić information content (AvgIpc) is 3.14. The molecule has 0 radical (unpaired) electrons. The van der Waals surface area contributed by atoms with Crippen LogP contribution in [0.3, 0.4) is 0 Å². The van der Waals surface area contributed by atoms with E-state index >= 15 is 0 Å². The smallest absolute Gasteiger partial charge is 0.182 e. The van der Waals surface area contributed by atoms with E-state index in [0.717, 1.165) is 0 Å². The lowest BCUT2D eigenvalue weighted by molar-refractivity contribution is 0.119. The minimum Gasteiger partial charge on any atom is -0.380 e. The highest BCUT2D eigenvalue weighted by Crippen LogP contribution is 2.52. The molecule has 1 aliphatic carbocycles. The zero-order chi connectivity index (χ0) is 13.2. The first-order chi connectivity index (χ1) is 8.57. The second-order valence-corrected chi connectivity index (χ2v) is 6.59. The monoisotopic (exact) mass is 265 g/mol. The Hall–Kier alpha value is -1.38. The molecule has 5 heteroatoms. The molecule has 1 fully saturated rings. The van der Waals surface area contributed by atoms with E-state index in [4.69, 9.17) is 10.00 Å². The van der Waals surface area contributed by atoms with E-state index in [0.29, 0.717) is 13.0 Å². The van der Waals surface area contributed by atoms with Crippen LogP contribution in [0.2, 0.25) is 0 Å². The zero-order valence-corrected chi connectivity index (χ0v) is 11.0. The van der Waals surface area contributed by atoms with E-state index in [1.165, 1.54) is 0 Å². The van der Waals surface area contributed by atoms with Gasteiger partial charge < -0.3 is 4.74 Å². The number of sulfone groups is 1.